The van der Waals surface area contributed by atoms with E-state index in [9.17, 15) is 31.2 Å². The SMILES string of the molecule is CC1Cc2cc(S(=O)(=O)CCC(=O)Nc3ccc(OC(F)(F)F)cc3)ccc2N1C(=O)C1CC1. The van der Waals surface area contributed by atoms with Crippen LogP contribution in [0, 0.1) is 5.92 Å². The molecule has 0 spiro atoms. The fourth-order valence-corrected chi connectivity index (χ4v) is 5.26. The van der Waals surface area contributed by atoms with Gasteiger partial charge in [0.1, 0.15) is 5.75 Å². The largest absolute Gasteiger partial charge is 0.573 e. The fraction of sp³-hybridized carbons (Fsp3) is 0.391. The van der Waals surface area contributed by atoms with E-state index in [1.54, 1.807) is 17.0 Å². The number of halogens is 3. The first-order chi connectivity index (χ1) is 15.9. The number of rotatable bonds is 7. The molecule has 1 fully saturated rings. The predicted molar refractivity (Wildman–Crippen MR) is 118 cm³/mol. The molecule has 4 rings (SSSR count). The summed E-state index contributed by atoms with van der Waals surface area (Å²) in [6.45, 7) is 1.93. The summed E-state index contributed by atoms with van der Waals surface area (Å²) >= 11 is 0. The molecular formula is C23H23F3N2O5S. The Kier molecular flexibility index (Phi) is 6.32. The minimum absolute atomic E-state index is 0.0419. The third-order valence-corrected chi connectivity index (χ3v) is 7.47. The smallest absolute Gasteiger partial charge is 0.406 e. The van der Waals surface area contributed by atoms with Gasteiger partial charge in [0.25, 0.3) is 0 Å². The lowest BCUT2D eigenvalue weighted by atomic mass is 10.1. The molecular weight excluding hydrogens is 473 g/mol. The van der Waals surface area contributed by atoms with Crippen molar-refractivity contribution in [1.82, 2.24) is 0 Å². The lowest BCUT2D eigenvalue weighted by Crippen LogP contribution is -2.36. The second-order valence-corrected chi connectivity index (χ2v) is 10.6. The summed E-state index contributed by atoms with van der Waals surface area (Å²) in [7, 11) is -3.76. The van der Waals surface area contributed by atoms with Crippen LogP contribution in [0.4, 0.5) is 24.5 Å². The van der Waals surface area contributed by atoms with Crippen LogP contribution in [0.5, 0.6) is 5.75 Å². The first-order valence-electron chi connectivity index (χ1n) is 10.8. The molecule has 0 bridgehead atoms. The lowest BCUT2D eigenvalue weighted by Gasteiger charge is -2.22. The molecule has 182 valence electrons. The number of amides is 2. The number of ether oxygens (including phenoxy) is 1. The standard InChI is InChI=1S/C23H23F3N2O5S/c1-14-12-16-13-19(8-9-20(16)28(14)22(30)15-2-3-15)34(31,32)11-10-21(29)27-17-4-6-18(7-5-17)33-23(24,25)26/h4-9,13-15H,2-3,10-12H2,1H3,(H,27,29). The van der Waals surface area contributed by atoms with Gasteiger partial charge in [0.2, 0.25) is 11.8 Å². The number of hydrogen-bond donors (Lipinski definition) is 1. The highest BCUT2D eigenvalue weighted by molar-refractivity contribution is 7.91. The molecule has 1 heterocycles. The monoisotopic (exact) mass is 496 g/mol. The number of carbonyl (C=O) groups excluding carboxylic acids is 2. The molecule has 2 aromatic carbocycles. The fourth-order valence-electron chi connectivity index (χ4n) is 3.97. The van der Waals surface area contributed by atoms with E-state index in [0.29, 0.717) is 6.42 Å². The van der Waals surface area contributed by atoms with Gasteiger partial charge in [-0.1, -0.05) is 0 Å². The van der Waals surface area contributed by atoms with E-state index in [4.69, 9.17) is 0 Å². The van der Waals surface area contributed by atoms with Crippen LogP contribution in [-0.4, -0.2) is 38.4 Å². The third-order valence-electron chi connectivity index (χ3n) is 5.76. The van der Waals surface area contributed by atoms with Crippen molar-refractivity contribution in [3.05, 3.63) is 48.0 Å². The maximum Gasteiger partial charge on any atom is 0.573 e. The van der Waals surface area contributed by atoms with Crippen LogP contribution in [0.1, 0.15) is 31.7 Å². The van der Waals surface area contributed by atoms with Crippen molar-refractivity contribution >= 4 is 33.0 Å². The zero-order valence-corrected chi connectivity index (χ0v) is 19.1. The number of fused-ring (bicyclic) bond motifs is 1. The van der Waals surface area contributed by atoms with Crippen LogP contribution in [0.25, 0.3) is 0 Å². The number of nitrogens with zero attached hydrogens (tertiary/aromatic N) is 1. The summed E-state index contributed by atoms with van der Waals surface area (Å²) < 4.78 is 66.0. The van der Waals surface area contributed by atoms with E-state index in [1.807, 2.05) is 6.92 Å². The van der Waals surface area contributed by atoms with Crippen LogP contribution in [0.3, 0.4) is 0 Å². The molecule has 0 saturated heterocycles. The predicted octanol–water partition coefficient (Wildman–Crippen LogP) is 4.08. The molecule has 1 aliphatic heterocycles. The second-order valence-electron chi connectivity index (χ2n) is 8.52. The van der Waals surface area contributed by atoms with E-state index in [-0.39, 0.29) is 34.9 Å². The minimum Gasteiger partial charge on any atom is -0.406 e. The number of nitrogens with one attached hydrogen (secondary N) is 1. The van der Waals surface area contributed by atoms with Crippen molar-refractivity contribution in [3.8, 4) is 5.75 Å². The maximum absolute atomic E-state index is 12.8. The summed E-state index contributed by atoms with van der Waals surface area (Å²) in [6, 6.07) is 9.17. The van der Waals surface area contributed by atoms with Crippen LogP contribution in [0.2, 0.25) is 0 Å². The summed E-state index contributed by atoms with van der Waals surface area (Å²) in [5.41, 5.74) is 1.73. The Morgan fingerprint density at radius 3 is 2.41 bits per heavy atom. The van der Waals surface area contributed by atoms with E-state index in [1.165, 1.54) is 18.2 Å². The van der Waals surface area contributed by atoms with Gasteiger partial charge in [0, 0.05) is 29.8 Å². The molecule has 2 amide bonds. The van der Waals surface area contributed by atoms with Crippen LogP contribution >= 0.6 is 0 Å². The normalized spacial score (nSPS) is 17.9. The summed E-state index contributed by atoms with van der Waals surface area (Å²) in [4.78, 5) is 26.6. The highest BCUT2D eigenvalue weighted by Crippen LogP contribution is 2.39. The quantitative estimate of drug-likeness (QED) is 0.624. The Morgan fingerprint density at radius 1 is 1.12 bits per heavy atom. The molecule has 1 aliphatic carbocycles. The van der Waals surface area contributed by atoms with Gasteiger partial charge in [-0.2, -0.15) is 0 Å². The maximum atomic E-state index is 12.8. The number of alkyl halides is 3. The zero-order chi connectivity index (χ0) is 24.7. The van der Waals surface area contributed by atoms with Crippen molar-refractivity contribution in [2.45, 2.75) is 49.9 Å². The molecule has 2 aromatic rings. The average Bonchev–Trinajstić information content (AvgIpc) is 3.54. The number of hydrogen-bond acceptors (Lipinski definition) is 5. The van der Waals surface area contributed by atoms with E-state index >= 15 is 0 Å². The number of carbonyl (C=O) groups is 2. The average molecular weight is 497 g/mol. The van der Waals surface area contributed by atoms with E-state index in [2.05, 4.69) is 10.1 Å². The van der Waals surface area contributed by atoms with Crippen LogP contribution < -0.4 is 15.0 Å². The molecule has 1 unspecified atom stereocenters. The van der Waals surface area contributed by atoms with Gasteiger partial charge < -0.3 is 15.0 Å². The van der Waals surface area contributed by atoms with Gasteiger partial charge in [0.15, 0.2) is 9.84 Å². The molecule has 2 aliphatic rings. The van der Waals surface area contributed by atoms with Gasteiger partial charge in [-0.15, -0.1) is 13.2 Å². The lowest BCUT2D eigenvalue weighted by molar-refractivity contribution is -0.274. The highest BCUT2D eigenvalue weighted by Gasteiger charge is 2.39. The summed E-state index contributed by atoms with van der Waals surface area (Å²) in [5, 5.41) is 2.45. The van der Waals surface area contributed by atoms with Gasteiger partial charge in [-0.3, -0.25) is 9.59 Å². The number of anilines is 2. The van der Waals surface area contributed by atoms with Gasteiger partial charge in [0.05, 0.1) is 10.6 Å². The molecule has 0 radical (unpaired) electrons. The van der Waals surface area contributed by atoms with E-state index in [0.717, 1.165) is 36.2 Å². The van der Waals surface area contributed by atoms with Crippen molar-refractivity contribution in [3.63, 3.8) is 0 Å². The molecule has 1 N–H and O–H groups in total. The molecule has 1 atom stereocenters. The second kappa shape index (κ2) is 8.94. The van der Waals surface area contributed by atoms with Crippen LogP contribution in [0.15, 0.2) is 47.4 Å². The number of benzene rings is 2. The van der Waals surface area contributed by atoms with Gasteiger partial charge in [-0.05, 0) is 74.2 Å². The molecule has 0 aromatic heterocycles. The Morgan fingerprint density at radius 2 is 1.79 bits per heavy atom. The van der Waals surface area contributed by atoms with Crippen LogP contribution in [-0.2, 0) is 25.8 Å². The Bertz CT molecular complexity index is 1210. The third kappa shape index (κ3) is 5.52. The first-order valence-corrected chi connectivity index (χ1v) is 12.4. The zero-order valence-electron chi connectivity index (χ0n) is 18.3. The first kappa shape index (κ1) is 24.1. The van der Waals surface area contributed by atoms with Gasteiger partial charge in [-0.25, -0.2) is 8.42 Å². The molecule has 7 nitrogen and oxygen atoms in total. The Balaban J connectivity index is 1.37. The van der Waals surface area contributed by atoms with Gasteiger partial charge >= 0.3 is 6.36 Å². The Hall–Kier alpha value is -3.08. The topological polar surface area (TPSA) is 92.8 Å². The van der Waals surface area contributed by atoms with E-state index < -0.39 is 33.6 Å². The summed E-state index contributed by atoms with van der Waals surface area (Å²) in [5.74, 6) is -1.33. The van der Waals surface area contributed by atoms with Crippen molar-refractivity contribution in [2.24, 2.45) is 5.92 Å². The molecule has 11 heteroatoms. The van der Waals surface area contributed by atoms with Crippen molar-refractivity contribution < 1.29 is 35.9 Å². The van der Waals surface area contributed by atoms with Crippen molar-refractivity contribution in [1.29, 1.82) is 0 Å². The summed E-state index contributed by atoms with van der Waals surface area (Å²) in [6.07, 6.45) is -2.82. The minimum atomic E-state index is -4.82. The highest BCUT2D eigenvalue weighted by atomic mass is 32.2. The number of sulfone groups is 1. The Labute approximate surface area is 194 Å². The van der Waals surface area contributed by atoms with Crippen molar-refractivity contribution in [2.75, 3.05) is 16.0 Å². The molecule has 34 heavy (non-hydrogen) atoms. The molecule has 1 saturated carbocycles.